The van der Waals surface area contributed by atoms with Crippen LogP contribution in [-0.2, 0) is 17.5 Å². The molecule has 0 aliphatic heterocycles. The Hall–Kier alpha value is -2.25. The number of imidazole rings is 1. The fourth-order valence-corrected chi connectivity index (χ4v) is 3.11. The molecule has 1 aromatic carbocycles. The molecule has 0 amide bonds. The standard InChI is InChI=1S/C19H15Cl2F3N2O2/c1-10(2)16-15(9-28-18(27)11-3-5-13(20)6-4-11)26-8-12(19(22,23)24)7-14(21)17(26)25-16/h3-8,10H,9H2,1-2H3. The third-order valence-corrected chi connectivity index (χ3v) is 4.63. The lowest BCUT2D eigenvalue weighted by Crippen LogP contribution is -2.10. The SMILES string of the molecule is CC(C)c1nc2c(Cl)cc(C(F)(F)F)cn2c1COC(=O)c1ccc(Cl)cc1. The zero-order chi connectivity index (χ0) is 20.6. The van der Waals surface area contributed by atoms with Crippen LogP contribution >= 0.6 is 23.2 Å². The van der Waals surface area contributed by atoms with Crippen molar-refractivity contribution < 1.29 is 22.7 Å². The van der Waals surface area contributed by atoms with Crippen LogP contribution in [0.4, 0.5) is 13.2 Å². The molecular formula is C19H15Cl2F3N2O2. The van der Waals surface area contributed by atoms with Gasteiger partial charge in [0.05, 0.1) is 27.5 Å². The van der Waals surface area contributed by atoms with Gasteiger partial charge in [0.2, 0.25) is 0 Å². The first kappa shape index (κ1) is 20.5. The number of ether oxygens (including phenoxy) is 1. The van der Waals surface area contributed by atoms with E-state index in [0.29, 0.717) is 16.4 Å². The van der Waals surface area contributed by atoms with Crippen LogP contribution in [-0.4, -0.2) is 15.4 Å². The van der Waals surface area contributed by atoms with E-state index in [1.807, 2.05) is 13.8 Å². The van der Waals surface area contributed by atoms with Crippen LogP contribution in [0.15, 0.2) is 36.5 Å². The van der Waals surface area contributed by atoms with Crippen LogP contribution < -0.4 is 0 Å². The van der Waals surface area contributed by atoms with Crippen LogP contribution in [0.25, 0.3) is 5.65 Å². The molecule has 0 unspecified atom stereocenters. The average Bonchev–Trinajstić information content (AvgIpc) is 2.99. The second-order valence-corrected chi connectivity index (χ2v) is 7.29. The van der Waals surface area contributed by atoms with Gasteiger partial charge in [-0.05, 0) is 36.2 Å². The summed E-state index contributed by atoms with van der Waals surface area (Å²) in [5, 5.41) is 0.335. The van der Waals surface area contributed by atoms with Crippen molar-refractivity contribution in [3.8, 4) is 0 Å². The Bertz CT molecular complexity index is 1030. The summed E-state index contributed by atoms with van der Waals surface area (Å²) in [5.41, 5.74) is 0.377. The fourth-order valence-electron chi connectivity index (χ4n) is 2.73. The Morgan fingerprint density at radius 3 is 2.43 bits per heavy atom. The van der Waals surface area contributed by atoms with Crippen molar-refractivity contribution in [2.75, 3.05) is 0 Å². The van der Waals surface area contributed by atoms with Crippen molar-refractivity contribution in [1.82, 2.24) is 9.38 Å². The summed E-state index contributed by atoms with van der Waals surface area (Å²) in [6.45, 7) is 3.42. The normalized spacial score (nSPS) is 12.0. The van der Waals surface area contributed by atoms with Gasteiger partial charge in [-0.1, -0.05) is 37.0 Å². The number of esters is 1. The van der Waals surface area contributed by atoms with Gasteiger partial charge in [0.15, 0.2) is 5.65 Å². The minimum atomic E-state index is -4.57. The number of hydrogen-bond acceptors (Lipinski definition) is 3. The molecule has 2 heterocycles. The molecule has 9 heteroatoms. The molecule has 4 nitrogen and oxygen atoms in total. The Morgan fingerprint density at radius 2 is 1.86 bits per heavy atom. The highest BCUT2D eigenvalue weighted by molar-refractivity contribution is 6.33. The molecule has 3 rings (SSSR count). The van der Waals surface area contributed by atoms with Crippen molar-refractivity contribution in [3.05, 3.63) is 69.1 Å². The van der Waals surface area contributed by atoms with Crippen LogP contribution in [0.3, 0.4) is 0 Å². The van der Waals surface area contributed by atoms with Gasteiger partial charge in [0.25, 0.3) is 0 Å². The molecule has 0 saturated carbocycles. The largest absolute Gasteiger partial charge is 0.456 e. The van der Waals surface area contributed by atoms with Crippen LogP contribution in [0, 0.1) is 0 Å². The van der Waals surface area contributed by atoms with E-state index >= 15 is 0 Å². The predicted octanol–water partition coefficient (Wildman–Crippen LogP) is 6.14. The maximum atomic E-state index is 13.2. The lowest BCUT2D eigenvalue weighted by Gasteiger charge is -2.11. The highest BCUT2D eigenvalue weighted by Gasteiger charge is 2.32. The zero-order valence-corrected chi connectivity index (χ0v) is 16.4. The van der Waals surface area contributed by atoms with Crippen LogP contribution in [0.5, 0.6) is 0 Å². The Kier molecular flexibility index (Phi) is 5.59. The van der Waals surface area contributed by atoms with E-state index in [-0.39, 0.29) is 28.8 Å². The molecule has 0 bridgehead atoms. The van der Waals surface area contributed by atoms with Gasteiger partial charge in [0, 0.05) is 11.2 Å². The Labute approximate surface area is 168 Å². The van der Waals surface area contributed by atoms with Crippen LogP contribution in [0.1, 0.15) is 47.1 Å². The van der Waals surface area contributed by atoms with E-state index in [4.69, 9.17) is 27.9 Å². The quantitative estimate of drug-likeness (QED) is 0.466. The molecule has 0 fully saturated rings. The summed E-state index contributed by atoms with van der Waals surface area (Å²) >= 11 is 11.8. The third-order valence-electron chi connectivity index (χ3n) is 4.10. The first-order valence-corrected chi connectivity index (χ1v) is 9.03. The van der Waals surface area contributed by atoms with Crippen molar-refractivity contribution >= 4 is 34.8 Å². The van der Waals surface area contributed by atoms with Crippen molar-refractivity contribution in [2.45, 2.75) is 32.5 Å². The van der Waals surface area contributed by atoms with Gasteiger partial charge in [-0.3, -0.25) is 4.40 Å². The highest BCUT2D eigenvalue weighted by Crippen LogP contribution is 2.34. The van der Waals surface area contributed by atoms with Crippen LogP contribution in [0.2, 0.25) is 10.0 Å². The molecule has 0 atom stereocenters. The molecule has 0 spiro atoms. The minimum Gasteiger partial charge on any atom is -0.456 e. The molecule has 148 valence electrons. The third kappa shape index (κ3) is 4.10. The van der Waals surface area contributed by atoms with Crippen molar-refractivity contribution in [3.63, 3.8) is 0 Å². The van der Waals surface area contributed by atoms with E-state index in [0.717, 1.165) is 12.3 Å². The Morgan fingerprint density at radius 1 is 1.21 bits per heavy atom. The van der Waals surface area contributed by atoms with Gasteiger partial charge in [0.1, 0.15) is 6.61 Å². The number of carbonyl (C=O) groups excluding carboxylic acids is 1. The summed E-state index contributed by atoms with van der Waals surface area (Å²) in [7, 11) is 0. The number of fused-ring (bicyclic) bond motifs is 1. The highest BCUT2D eigenvalue weighted by atomic mass is 35.5. The van der Waals surface area contributed by atoms with E-state index in [1.165, 1.54) is 16.5 Å². The number of hydrogen-bond donors (Lipinski definition) is 0. The summed E-state index contributed by atoms with van der Waals surface area (Å²) in [6, 6.07) is 6.92. The van der Waals surface area contributed by atoms with E-state index < -0.39 is 17.7 Å². The summed E-state index contributed by atoms with van der Waals surface area (Å²) in [5.74, 6) is -0.742. The first-order chi connectivity index (χ1) is 13.1. The van der Waals surface area contributed by atoms with Crippen molar-refractivity contribution in [1.29, 1.82) is 0 Å². The van der Waals surface area contributed by atoms with E-state index in [2.05, 4.69) is 4.98 Å². The summed E-state index contributed by atoms with van der Waals surface area (Å²) in [6.07, 6.45) is -3.66. The first-order valence-electron chi connectivity index (χ1n) is 8.28. The predicted molar refractivity (Wildman–Crippen MR) is 99.9 cm³/mol. The fraction of sp³-hybridized carbons (Fsp3) is 0.263. The Balaban J connectivity index is 2.00. The smallest absolute Gasteiger partial charge is 0.417 e. The number of nitrogens with zero attached hydrogens (tertiary/aromatic N) is 2. The summed E-state index contributed by atoms with van der Waals surface area (Å²) in [4.78, 5) is 16.6. The van der Waals surface area contributed by atoms with Gasteiger partial charge >= 0.3 is 12.1 Å². The van der Waals surface area contributed by atoms with Gasteiger partial charge in [-0.15, -0.1) is 0 Å². The number of benzene rings is 1. The maximum absolute atomic E-state index is 13.2. The second kappa shape index (κ2) is 7.64. The lowest BCUT2D eigenvalue weighted by molar-refractivity contribution is -0.137. The number of aromatic nitrogens is 2. The zero-order valence-electron chi connectivity index (χ0n) is 14.8. The second-order valence-electron chi connectivity index (χ2n) is 6.45. The van der Waals surface area contributed by atoms with Gasteiger partial charge < -0.3 is 4.74 Å². The number of halogens is 5. The molecular weight excluding hydrogens is 416 g/mol. The topological polar surface area (TPSA) is 43.6 Å². The maximum Gasteiger partial charge on any atom is 0.417 e. The molecule has 3 aromatic rings. The monoisotopic (exact) mass is 430 g/mol. The molecule has 0 N–H and O–H groups in total. The number of carbonyl (C=O) groups is 1. The van der Waals surface area contributed by atoms with Gasteiger partial charge in [-0.2, -0.15) is 13.2 Å². The number of pyridine rings is 1. The van der Waals surface area contributed by atoms with E-state index in [9.17, 15) is 18.0 Å². The molecule has 2 aromatic heterocycles. The molecule has 0 saturated heterocycles. The molecule has 0 radical (unpaired) electrons. The molecule has 28 heavy (non-hydrogen) atoms. The molecule has 0 aliphatic rings. The lowest BCUT2D eigenvalue weighted by atomic mass is 10.1. The number of alkyl halides is 3. The minimum absolute atomic E-state index is 0.116. The average molecular weight is 431 g/mol. The summed E-state index contributed by atoms with van der Waals surface area (Å²) < 4.78 is 46.1. The van der Waals surface area contributed by atoms with E-state index in [1.54, 1.807) is 12.1 Å². The van der Waals surface area contributed by atoms with Gasteiger partial charge in [-0.25, -0.2) is 9.78 Å². The number of rotatable bonds is 4. The van der Waals surface area contributed by atoms with Crippen molar-refractivity contribution in [2.24, 2.45) is 0 Å². The molecule has 0 aliphatic carbocycles.